The fourth-order valence-electron chi connectivity index (χ4n) is 4.53. The highest BCUT2D eigenvalue weighted by Gasteiger charge is 2.32. The molecule has 1 saturated heterocycles. The maximum Gasteiger partial charge on any atom is 0.319 e. The fourth-order valence-corrected chi connectivity index (χ4v) is 4.53. The van der Waals surface area contributed by atoms with Gasteiger partial charge in [-0.25, -0.2) is 14.8 Å². The number of nitrogens with one attached hydrogen (secondary N) is 2. The summed E-state index contributed by atoms with van der Waals surface area (Å²) in [5.41, 5.74) is 4.26. The number of hydrogen-bond donors (Lipinski definition) is 2. The molecule has 1 unspecified atom stereocenters. The van der Waals surface area contributed by atoms with Crippen LogP contribution in [0.4, 0.5) is 16.3 Å². The van der Waals surface area contributed by atoms with Crippen molar-refractivity contribution in [3.63, 3.8) is 0 Å². The molecule has 1 atom stereocenters. The molecule has 2 aromatic rings. The van der Waals surface area contributed by atoms with Gasteiger partial charge < -0.3 is 20.3 Å². The number of anilines is 2. The van der Waals surface area contributed by atoms with Gasteiger partial charge in [-0.2, -0.15) is 0 Å². The Bertz CT molecular complexity index is 986. The lowest BCUT2D eigenvalue weighted by Crippen LogP contribution is -2.44. The van der Waals surface area contributed by atoms with Crippen LogP contribution in [0.25, 0.3) is 11.4 Å². The molecule has 4 rings (SSSR count). The minimum atomic E-state index is -0.207. The van der Waals surface area contributed by atoms with Crippen LogP contribution in [0.15, 0.2) is 24.3 Å². The molecule has 0 spiro atoms. The molecule has 0 saturated carbocycles. The van der Waals surface area contributed by atoms with Gasteiger partial charge in [-0.15, -0.1) is 0 Å². The Morgan fingerprint density at radius 3 is 2.61 bits per heavy atom. The predicted octanol–water partition coefficient (Wildman–Crippen LogP) is 3.87. The number of carbonyl (C=O) groups excluding carboxylic acids is 1. The molecule has 2 amide bonds. The third kappa shape index (κ3) is 5.62. The van der Waals surface area contributed by atoms with Crippen LogP contribution in [0.1, 0.15) is 45.9 Å². The van der Waals surface area contributed by atoms with Crippen molar-refractivity contribution in [2.45, 2.75) is 53.8 Å². The number of carbonyl (C=O) groups is 1. The Balaban J connectivity index is 1.65. The quantitative estimate of drug-likeness (QED) is 0.717. The van der Waals surface area contributed by atoms with E-state index >= 15 is 0 Å². The molecular formula is C25H36N6O2. The first kappa shape index (κ1) is 23.4. The Labute approximate surface area is 196 Å². The highest BCUT2D eigenvalue weighted by molar-refractivity contribution is 5.89. The number of morpholine rings is 1. The van der Waals surface area contributed by atoms with Crippen LogP contribution in [0, 0.1) is 5.41 Å². The number of amides is 2. The molecule has 8 nitrogen and oxygen atoms in total. The lowest BCUT2D eigenvalue weighted by atomic mass is 9.96. The number of ether oxygens (including phenoxy) is 1. The Kier molecular flexibility index (Phi) is 6.86. The first-order chi connectivity index (χ1) is 15.7. The van der Waals surface area contributed by atoms with E-state index in [0.29, 0.717) is 19.8 Å². The SMILES string of the molecule is CCNC(=O)Nc1ccc(-c2nc3c(c(N4CCOCC4C)n2)CN(CC(C)(C)C)C3)cc1. The molecule has 0 radical (unpaired) electrons. The molecule has 178 valence electrons. The maximum atomic E-state index is 11.8. The van der Waals surface area contributed by atoms with Gasteiger partial charge in [-0.1, -0.05) is 20.8 Å². The summed E-state index contributed by atoms with van der Waals surface area (Å²) < 4.78 is 5.68. The minimum Gasteiger partial charge on any atom is -0.377 e. The molecule has 0 bridgehead atoms. The predicted molar refractivity (Wildman–Crippen MR) is 131 cm³/mol. The molecule has 2 N–H and O–H groups in total. The van der Waals surface area contributed by atoms with E-state index < -0.39 is 0 Å². The molecule has 1 aromatic heterocycles. The average Bonchev–Trinajstić information content (AvgIpc) is 3.15. The lowest BCUT2D eigenvalue weighted by molar-refractivity contribution is 0.0984. The third-order valence-electron chi connectivity index (χ3n) is 5.90. The van der Waals surface area contributed by atoms with Crippen LogP contribution in [-0.4, -0.2) is 59.8 Å². The maximum absolute atomic E-state index is 11.8. The largest absolute Gasteiger partial charge is 0.377 e. The standard InChI is InChI=1S/C25H36N6O2/c1-6-26-24(32)27-19-9-7-18(8-10-19)22-28-21-14-30(16-25(3,4)5)13-20(21)23(29-22)31-11-12-33-15-17(31)2/h7-10,17H,6,11-16H2,1-5H3,(H2,26,27,32). The van der Waals surface area contributed by atoms with Crippen molar-refractivity contribution < 1.29 is 9.53 Å². The van der Waals surface area contributed by atoms with E-state index in [1.54, 1.807) is 0 Å². The monoisotopic (exact) mass is 452 g/mol. The normalized spacial score (nSPS) is 18.8. The summed E-state index contributed by atoms with van der Waals surface area (Å²) in [6.07, 6.45) is 0. The first-order valence-electron chi connectivity index (χ1n) is 11.9. The van der Waals surface area contributed by atoms with Crippen LogP contribution in [0.3, 0.4) is 0 Å². The molecule has 33 heavy (non-hydrogen) atoms. The van der Waals surface area contributed by atoms with Crippen LogP contribution in [-0.2, 0) is 17.8 Å². The second-order valence-corrected chi connectivity index (χ2v) is 10.2. The van der Waals surface area contributed by atoms with Gasteiger partial charge in [0.1, 0.15) is 5.82 Å². The van der Waals surface area contributed by atoms with E-state index in [0.717, 1.165) is 54.8 Å². The number of rotatable bonds is 5. The van der Waals surface area contributed by atoms with E-state index in [-0.39, 0.29) is 17.5 Å². The van der Waals surface area contributed by atoms with Crippen molar-refractivity contribution in [3.8, 4) is 11.4 Å². The Hall–Kier alpha value is -2.71. The molecule has 0 aliphatic carbocycles. The van der Waals surface area contributed by atoms with Crippen molar-refractivity contribution in [2.24, 2.45) is 5.41 Å². The molecule has 8 heteroatoms. The van der Waals surface area contributed by atoms with Crippen LogP contribution < -0.4 is 15.5 Å². The van der Waals surface area contributed by atoms with Gasteiger partial charge >= 0.3 is 6.03 Å². The van der Waals surface area contributed by atoms with Gasteiger partial charge in [0.05, 0.1) is 24.9 Å². The van der Waals surface area contributed by atoms with E-state index in [1.165, 1.54) is 5.56 Å². The zero-order valence-corrected chi connectivity index (χ0v) is 20.4. The second kappa shape index (κ2) is 9.65. The molecule has 1 aromatic carbocycles. The lowest BCUT2D eigenvalue weighted by Gasteiger charge is -2.35. The van der Waals surface area contributed by atoms with Crippen molar-refractivity contribution in [2.75, 3.05) is 43.1 Å². The number of aromatic nitrogens is 2. The highest BCUT2D eigenvalue weighted by Crippen LogP contribution is 2.34. The highest BCUT2D eigenvalue weighted by atomic mass is 16.5. The number of hydrogen-bond acceptors (Lipinski definition) is 6. The average molecular weight is 453 g/mol. The summed E-state index contributed by atoms with van der Waals surface area (Å²) in [6, 6.07) is 7.79. The van der Waals surface area contributed by atoms with Crippen LogP contribution >= 0.6 is 0 Å². The van der Waals surface area contributed by atoms with Crippen LogP contribution in [0.5, 0.6) is 0 Å². The second-order valence-electron chi connectivity index (χ2n) is 10.2. The Morgan fingerprint density at radius 1 is 1.18 bits per heavy atom. The molecular weight excluding hydrogens is 416 g/mol. The van der Waals surface area contributed by atoms with Crippen LogP contribution in [0.2, 0.25) is 0 Å². The molecule has 1 fully saturated rings. The summed E-state index contributed by atoms with van der Waals surface area (Å²) in [4.78, 5) is 26.7. The van der Waals surface area contributed by atoms with E-state index in [2.05, 4.69) is 48.1 Å². The van der Waals surface area contributed by atoms with Crippen molar-refractivity contribution in [3.05, 3.63) is 35.5 Å². The number of benzene rings is 1. The van der Waals surface area contributed by atoms with E-state index in [9.17, 15) is 4.79 Å². The van der Waals surface area contributed by atoms with Gasteiger partial charge in [0.25, 0.3) is 0 Å². The first-order valence-corrected chi connectivity index (χ1v) is 11.9. The zero-order valence-electron chi connectivity index (χ0n) is 20.4. The summed E-state index contributed by atoms with van der Waals surface area (Å²) >= 11 is 0. The van der Waals surface area contributed by atoms with Crippen molar-refractivity contribution in [1.82, 2.24) is 20.2 Å². The van der Waals surface area contributed by atoms with E-state index in [1.807, 2.05) is 31.2 Å². The molecule has 2 aliphatic heterocycles. The van der Waals surface area contributed by atoms with Gasteiger partial charge in [-0.05, 0) is 43.5 Å². The third-order valence-corrected chi connectivity index (χ3v) is 5.90. The van der Waals surface area contributed by atoms with Gasteiger partial charge in [0.2, 0.25) is 0 Å². The molecule has 3 heterocycles. The van der Waals surface area contributed by atoms with Gasteiger partial charge in [0, 0.05) is 49.5 Å². The number of nitrogens with zero attached hydrogens (tertiary/aromatic N) is 4. The van der Waals surface area contributed by atoms with Crippen molar-refractivity contribution in [1.29, 1.82) is 0 Å². The van der Waals surface area contributed by atoms with Gasteiger partial charge in [-0.3, -0.25) is 4.90 Å². The summed E-state index contributed by atoms with van der Waals surface area (Å²) in [6.45, 7) is 16.5. The Morgan fingerprint density at radius 2 is 1.94 bits per heavy atom. The summed E-state index contributed by atoms with van der Waals surface area (Å²) in [5, 5.41) is 5.58. The fraction of sp³-hybridized carbons (Fsp3) is 0.560. The summed E-state index contributed by atoms with van der Waals surface area (Å²) in [5.74, 6) is 1.76. The summed E-state index contributed by atoms with van der Waals surface area (Å²) in [7, 11) is 0. The zero-order chi connectivity index (χ0) is 23.6. The van der Waals surface area contributed by atoms with E-state index in [4.69, 9.17) is 14.7 Å². The minimum absolute atomic E-state index is 0.207. The number of fused-ring (bicyclic) bond motifs is 1. The van der Waals surface area contributed by atoms with Gasteiger partial charge in [0.15, 0.2) is 5.82 Å². The van der Waals surface area contributed by atoms with Crippen molar-refractivity contribution >= 4 is 17.5 Å². The number of urea groups is 1. The topological polar surface area (TPSA) is 82.6 Å². The molecule has 2 aliphatic rings. The smallest absolute Gasteiger partial charge is 0.319 e.